The largest absolute Gasteiger partial charge is 0.465 e. The van der Waals surface area contributed by atoms with Crippen LogP contribution in [0.1, 0.15) is 47.5 Å². The fourth-order valence-electron chi connectivity index (χ4n) is 1.60. The molecule has 0 fully saturated rings. The van der Waals surface area contributed by atoms with Crippen molar-refractivity contribution in [3.05, 3.63) is 11.6 Å². The molecule has 0 aromatic heterocycles. The van der Waals surface area contributed by atoms with Gasteiger partial charge in [-0.3, -0.25) is 9.59 Å². The number of carbonyl (C=O) groups excluding carboxylic acids is 2. The zero-order valence-electron chi connectivity index (χ0n) is 12.0. The van der Waals surface area contributed by atoms with Crippen molar-refractivity contribution in [2.75, 3.05) is 13.2 Å². The van der Waals surface area contributed by atoms with Gasteiger partial charge in [-0.1, -0.05) is 18.6 Å². The van der Waals surface area contributed by atoms with E-state index in [1.807, 2.05) is 19.9 Å². The van der Waals surface area contributed by atoms with E-state index in [-0.39, 0.29) is 13.2 Å². The summed E-state index contributed by atoms with van der Waals surface area (Å²) in [7, 11) is 0. The van der Waals surface area contributed by atoms with Crippen LogP contribution in [0.4, 0.5) is 0 Å². The summed E-state index contributed by atoms with van der Waals surface area (Å²) in [5.41, 5.74) is -0.148. The lowest BCUT2D eigenvalue weighted by Crippen LogP contribution is -2.41. The van der Waals surface area contributed by atoms with E-state index in [1.54, 1.807) is 20.8 Å². The second-order valence-electron chi connectivity index (χ2n) is 4.36. The number of hydrogen-bond donors (Lipinski definition) is 0. The molecule has 0 aliphatic carbocycles. The first kappa shape index (κ1) is 16.7. The average Bonchev–Trinajstić information content (AvgIpc) is 2.30. The summed E-state index contributed by atoms with van der Waals surface area (Å²) >= 11 is 0. The lowest BCUT2D eigenvalue weighted by atomic mass is 9.81. The number of ether oxygens (including phenoxy) is 2. The van der Waals surface area contributed by atoms with Crippen LogP contribution in [-0.2, 0) is 19.1 Å². The number of esters is 2. The van der Waals surface area contributed by atoms with E-state index in [4.69, 9.17) is 9.47 Å². The molecule has 0 radical (unpaired) electrons. The maximum atomic E-state index is 12.1. The van der Waals surface area contributed by atoms with Gasteiger partial charge in [0.2, 0.25) is 0 Å². The maximum Gasteiger partial charge on any atom is 0.323 e. The van der Waals surface area contributed by atoms with Crippen molar-refractivity contribution < 1.29 is 19.1 Å². The second kappa shape index (κ2) is 7.90. The Balaban J connectivity index is 5.24. The topological polar surface area (TPSA) is 52.6 Å². The molecule has 0 aliphatic rings. The van der Waals surface area contributed by atoms with Gasteiger partial charge in [0.05, 0.1) is 13.2 Å². The Bertz CT molecular complexity index is 296. The normalized spacial score (nSPS) is 10.7. The fourth-order valence-corrected chi connectivity index (χ4v) is 1.60. The lowest BCUT2D eigenvalue weighted by Gasteiger charge is -2.26. The van der Waals surface area contributed by atoms with Crippen LogP contribution in [-0.4, -0.2) is 25.2 Å². The summed E-state index contributed by atoms with van der Waals surface area (Å²) in [6, 6.07) is 0. The van der Waals surface area contributed by atoms with Crippen molar-refractivity contribution in [1.29, 1.82) is 0 Å². The van der Waals surface area contributed by atoms with E-state index in [9.17, 15) is 9.59 Å². The Morgan fingerprint density at radius 1 is 1.00 bits per heavy atom. The van der Waals surface area contributed by atoms with Crippen LogP contribution in [0.2, 0.25) is 0 Å². The molecule has 0 N–H and O–H groups in total. The monoisotopic (exact) mass is 256 g/mol. The van der Waals surface area contributed by atoms with Crippen molar-refractivity contribution in [1.82, 2.24) is 0 Å². The van der Waals surface area contributed by atoms with E-state index in [1.165, 1.54) is 0 Å². The standard InChI is InChI=1S/C14H24O4/c1-6-14(10-9-11(4)5,12(15)17-7-2)13(16)18-8-3/h9H,6-8,10H2,1-5H3. The molecule has 0 unspecified atom stereocenters. The lowest BCUT2D eigenvalue weighted by molar-refractivity contribution is -0.172. The van der Waals surface area contributed by atoms with E-state index >= 15 is 0 Å². The predicted molar refractivity (Wildman–Crippen MR) is 70.0 cm³/mol. The van der Waals surface area contributed by atoms with Gasteiger partial charge in [0, 0.05) is 0 Å². The van der Waals surface area contributed by atoms with Crippen molar-refractivity contribution in [3.8, 4) is 0 Å². The zero-order valence-corrected chi connectivity index (χ0v) is 12.0. The number of hydrogen-bond acceptors (Lipinski definition) is 4. The quantitative estimate of drug-likeness (QED) is 0.399. The van der Waals surface area contributed by atoms with Gasteiger partial charge in [0.1, 0.15) is 0 Å². The molecular formula is C14H24O4. The molecule has 0 amide bonds. The summed E-state index contributed by atoms with van der Waals surface area (Å²) in [6.07, 6.45) is 2.56. The third kappa shape index (κ3) is 4.17. The van der Waals surface area contributed by atoms with Crippen LogP contribution in [0.25, 0.3) is 0 Å². The summed E-state index contributed by atoms with van der Waals surface area (Å²) in [6.45, 7) is 9.62. The molecule has 0 atom stereocenters. The fraction of sp³-hybridized carbons (Fsp3) is 0.714. The molecule has 0 aromatic rings. The van der Waals surface area contributed by atoms with E-state index in [0.717, 1.165) is 5.57 Å². The highest BCUT2D eigenvalue weighted by Crippen LogP contribution is 2.31. The predicted octanol–water partition coefficient (Wildman–Crippen LogP) is 2.87. The van der Waals surface area contributed by atoms with Gasteiger partial charge in [-0.05, 0) is 40.5 Å². The Kier molecular flexibility index (Phi) is 7.32. The van der Waals surface area contributed by atoms with Crippen LogP contribution in [0, 0.1) is 5.41 Å². The highest BCUT2D eigenvalue weighted by atomic mass is 16.6. The summed E-state index contributed by atoms with van der Waals surface area (Å²) in [5, 5.41) is 0. The minimum Gasteiger partial charge on any atom is -0.465 e. The average molecular weight is 256 g/mol. The number of carbonyl (C=O) groups is 2. The first-order chi connectivity index (χ1) is 8.44. The summed E-state index contributed by atoms with van der Waals surface area (Å²) in [5.74, 6) is -0.994. The van der Waals surface area contributed by atoms with E-state index < -0.39 is 17.4 Å². The minimum absolute atomic E-state index is 0.259. The van der Waals surface area contributed by atoms with Crippen LogP contribution in [0.3, 0.4) is 0 Å². The van der Waals surface area contributed by atoms with Crippen molar-refractivity contribution in [2.24, 2.45) is 5.41 Å². The summed E-state index contributed by atoms with van der Waals surface area (Å²) < 4.78 is 10.1. The Hall–Kier alpha value is -1.32. The highest BCUT2D eigenvalue weighted by molar-refractivity contribution is 6.00. The smallest absolute Gasteiger partial charge is 0.323 e. The van der Waals surface area contributed by atoms with Gasteiger partial charge < -0.3 is 9.47 Å². The summed E-state index contributed by atoms with van der Waals surface area (Å²) in [4.78, 5) is 24.1. The molecule has 0 saturated heterocycles. The second-order valence-corrected chi connectivity index (χ2v) is 4.36. The molecule has 4 heteroatoms. The maximum absolute atomic E-state index is 12.1. The molecule has 0 bridgehead atoms. The molecule has 4 nitrogen and oxygen atoms in total. The molecule has 0 aliphatic heterocycles. The van der Waals surface area contributed by atoms with Crippen LogP contribution < -0.4 is 0 Å². The molecular weight excluding hydrogens is 232 g/mol. The van der Waals surface area contributed by atoms with Crippen LogP contribution in [0.15, 0.2) is 11.6 Å². The molecule has 0 saturated carbocycles. The first-order valence-corrected chi connectivity index (χ1v) is 6.42. The third-order valence-corrected chi connectivity index (χ3v) is 2.79. The number of allylic oxidation sites excluding steroid dienone is 2. The molecule has 0 rings (SSSR count). The molecule has 0 aromatic carbocycles. The van der Waals surface area contributed by atoms with Crippen LogP contribution in [0.5, 0.6) is 0 Å². The Morgan fingerprint density at radius 3 is 1.72 bits per heavy atom. The van der Waals surface area contributed by atoms with Gasteiger partial charge in [-0.2, -0.15) is 0 Å². The third-order valence-electron chi connectivity index (χ3n) is 2.79. The number of rotatable bonds is 7. The van der Waals surface area contributed by atoms with Crippen molar-refractivity contribution in [2.45, 2.75) is 47.5 Å². The molecule has 104 valence electrons. The van der Waals surface area contributed by atoms with Crippen molar-refractivity contribution >= 4 is 11.9 Å². The Morgan fingerprint density at radius 2 is 1.44 bits per heavy atom. The molecule has 0 heterocycles. The van der Waals surface area contributed by atoms with Gasteiger partial charge in [0.15, 0.2) is 5.41 Å². The van der Waals surface area contributed by atoms with Gasteiger partial charge in [-0.25, -0.2) is 0 Å². The Labute approximate surface area is 109 Å². The SMILES string of the molecule is CCOC(=O)C(CC)(CC=C(C)C)C(=O)OCC. The van der Waals surface area contributed by atoms with Crippen molar-refractivity contribution in [3.63, 3.8) is 0 Å². The van der Waals surface area contributed by atoms with Gasteiger partial charge in [0.25, 0.3) is 0 Å². The first-order valence-electron chi connectivity index (χ1n) is 6.42. The minimum atomic E-state index is -1.21. The van der Waals surface area contributed by atoms with E-state index in [2.05, 4.69) is 0 Å². The molecule has 0 spiro atoms. The van der Waals surface area contributed by atoms with E-state index in [0.29, 0.717) is 12.8 Å². The zero-order chi connectivity index (χ0) is 14.2. The van der Waals surface area contributed by atoms with Gasteiger partial charge >= 0.3 is 11.9 Å². The highest BCUT2D eigenvalue weighted by Gasteiger charge is 2.46. The van der Waals surface area contributed by atoms with Gasteiger partial charge in [-0.15, -0.1) is 0 Å². The molecule has 18 heavy (non-hydrogen) atoms. The van der Waals surface area contributed by atoms with Crippen LogP contribution >= 0.6 is 0 Å².